The van der Waals surface area contributed by atoms with E-state index < -0.39 is 59.2 Å². The highest BCUT2D eigenvalue weighted by molar-refractivity contribution is 6.37. The molecular weight excluding hydrogens is 733 g/mol. The van der Waals surface area contributed by atoms with Crippen LogP contribution in [0.3, 0.4) is 0 Å². The number of carbonyl (C=O) groups excluding carboxylic acids is 6. The van der Waals surface area contributed by atoms with Crippen molar-refractivity contribution < 1.29 is 33.9 Å². The lowest BCUT2D eigenvalue weighted by Crippen LogP contribution is -2.56. The van der Waals surface area contributed by atoms with Gasteiger partial charge in [0.05, 0.1) is 35.1 Å². The van der Waals surface area contributed by atoms with E-state index in [2.05, 4.69) is 36.6 Å². The van der Waals surface area contributed by atoms with Gasteiger partial charge in [0.1, 0.15) is 17.7 Å². The number of carbonyl (C=O) groups is 6. The van der Waals surface area contributed by atoms with Gasteiger partial charge in [0.15, 0.2) is 0 Å². The number of pyridine rings is 1. The van der Waals surface area contributed by atoms with Gasteiger partial charge in [0.2, 0.25) is 17.6 Å². The number of primary amides is 1. The van der Waals surface area contributed by atoms with Crippen LogP contribution in [-0.2, 0) is 24.8 Å². The SMILES string of the molecule is CC(C)(O)c1cnnn1[C@H]1C[C@@H](C(=O)NC(CCCCNC(=O)NC2CC2)C(=O)C(N)=O)N(C(=O)C(CC2CCCCC2)NC(=O)c2cnc3ccccc3c2)C1. The molecule has 3 aromatic rings. The van der Waals surface area contributed by atoms with Gasteiger partial charge in [-0.25, -0.2) is 9.48 Å². The van der Waals surface area contributed by atoms with Crippen molar-refractivity contribution in [2.24, 2.45) is 11.7 Å². The quantitative estimate of drug-likeness (QED) is 0.0860. The Morgan fingerprint density at radius 1 is 0.965 bits per heavy atom. The fourth-order valence-electron chi connectivity index (χ4n) is 7.90. The van der Waals surface area contributed by atoms with Crippen LogP contribution in [0.15, 0.2) is 42.7 Å². The molecule has 3 heterocycles. The van der Waals surface area contributed by atoms with Gasteiger partial charge in [-0.3, -0.25) is 29.0 Å². The zero-order valence-electron chi connectivity index (χ0n) is 32.6. The number of ketones is 1. The molecule has 7 N–H and O–H groups in total. The highest BCUT2D eigenvalue weighted by atomic mass is 16.3. The van der Waals surface area contributed by atoms with Gasteiger partial charge in [-0.2, -0.15) is 0 Å². The second-order valence-corrected chi connectivity index (χ2v) is 16.2. The largest absolute Gasteiger partial charge is 0.384 e. The Kier molecular flexibility index (Phi) is 13.2. The van der Waals surface area contributed by atoms with E-state index in [1.54, 1.807) is 19.9 Å². The molecule has 0 spiro atoms. The minimum Gasteiger partial charge on any atom is -0.384 e. The Labute approximate surface area is 331 Å². The predicted octanol–water partition coefficient (Wildman–Crippen LogP) is 2.14. The van der Waals surface area contributed by atoms with E-state index in [4.69, 9.17) is 5.73 Å². The monoisotopic (exact) mass is 786 g/mol. The molecule has 1 saturated heterocycles. The molecule has 3 fully saturated rings. The number of benzene rings is 1. The summed E-state index contributed by atoms with van der Waals surface area (Å²) in [5, 5.41) is 31.2. The van der Waals surface area contributed by atoms with Crippen molar-refractivity contribution >= 4 is 46.3 Å². The van der Waals surface area contributed by atoms with Crippen LogP contribution < -0.4 is 27.0 Å². The first-order chi connectivity index (χ1) is 27.3. The molecule has 6 amide bonds. The normalized spacial score (nSPS) is 19.7. The second kappa shape index (κ2) is 18.2. The van der Waals surface area contributed by atoms with Gasteiger partial charge in [-0.15, -0.1) is 5.10 Å². The number of likely N-dealkylation sites (tertiary alicyclic amines) is 1. The number of aromatic nitrogens is 4. The lowest BCUT2D eigenvalue weighted by atomic mass is 9.84. The molecule has 2 saturated carbocycles. The first-order valence-electron chi connectivity index (χ1n) is 20.1. The molecule has 17 nitrogen and oxygen atoms in total. The van der Waals surface area contributed by atoms with Crippen LogP contribution >= 0.6 is 0 Å². The average molecular weight is 787 g/mol. The molecule has 6 rings (SSSR count). The van der Waals surface area contributed by atoms with Crippen molar-refractivity contribution in [1.82, 2.24) is 46.1 Å². The summed E-state index contributed by atoms with van der Waals surface area (Å²) < 4.78 is 1.50. The standard InChI is InChI=1S/C40H54N10O7/c1-40(2,57)33-22-44-48-50(33)28-20-32(37(54)46-30(34(51)35(41)52)14-8-9-17-42-39(56)45-27-15-16-27)49(23-28)38(55)31(18-24-10-4-3-5-11-24)47-36(53)26-19-25-12-6-7-13-29(25)43-21-26/h6-7,12-13,19,21-22,24,27-28,30-32,57H,3-5,8-11,14-18,20,23H2,1-2H3,(H2,41,52)(H,46,54)(H,47,53)(H2,42,45,56)/t28-,30?,31?,32-/m0/s1. The molecule has 2 aromatic heterocycles. The van der Waals surface area contributed by atoms with Gasteiger partial charge in [-0.05, 0) is 70.4 Å². The minimum absolute atomic E-state index is 0.0129. The van der Waals surface area contributed by atoms with Gasteiger partial charge < -0.3 is 37.0 Å². The summed E-state index contributed by atoms with van der Waals surface area (Å²) in [4.78, 5) is 86.0. The summed E-state index contributed by atoms with van der Waals surface area (Å²) in [6.45, 7) is 3.47. The van der Waals surface area contributed by atoms with Crippen molar-refractivity contribution in [3.63, 3.8) is 0 Å². The molecule has 3 aliphatic rings. The molecule has 0 bridgehead atoms. The van der Waals surface area contributed by atoms with E-state index in [0.717, 1.165) is 55.8 Å². The summed E-state index contributed by atoms with van der Waals surface area (Å²) in [6.07, 6.45) is 11.0. The summed E-state index contributed by atoms with van der Waals surface area (Å²) in [5.74, 6) is -3.68. The van der Waals surface area contributed by atoms with E-state index in [-0.39, 0.29) is 42.9 Å². The van der Waals surface area contributed by atoms with Gasteiger partial charge >= 0.3 is 6.03 Å². The van der Waals surface area contributed by atoms with Gasteiger partial charge in [0.25, 0.3) is 11.8 Å². The molecule has 17 heteroatoms. The number of amides is 6. The average Bonchev–Trinajstić information content (AvgIpc) is 3.65. The zero-order valence-corrected chi connectivity index (χ0v) is 32.6. The third-order valence-electron chi connectivity index (χ3n) is 11.2. The lowest BCUT2D eigenvalue weighted by molar-refractivity contribution is -0.142. The number of fused-ring (bicyclic) bond motifs is 1. The minimum atomic E-state index is -1.35. The maximum atomic E-state index is 14.8. The fraction of sp³-hybridized carbons (Fsp3) is 0.575. The zero-order chi connectivity index (χ0) is 40.7. The number of nitrogens with one attached hydrogen (secondary N) is 4. The van der Waals surface area contributed by atoms with E-state index in [1.165, 1.54) is 22.0 Å². The summed E-state index contributed by atoms with van der Waals surface area (Å²) in [6, 6.07) is 5.02. The summed E-state index contributed by atoms with van der Waals surface area (Å²) in [7, 11) is 0. The van der Waals surface area contributed by atoms with Crippen LogP contribution in [0.1, 0.15) is 113 Å². The maximum Gasteiger partial charge on any atom is 0.315 e. The van der Waals surface area contributed by atoms with Crippen molar-refractivity contribution in [3.05, 3.63) is 54.0 Å². The molecule has 4 atom stereocenters. The molecule has 1 aromatic carbocycles. The molecular formula is C40H54N10O7. The Hall–Kier alpha value is -5.45. The van der Waals surface area contributed by atoms with E-state index in [0.29, 0.717) is 31.5 Å². The molecule has 2 aliphatic carbocycles. The molecule has 57 heavy (non-hydrogen) atoms. The van der Waals surface area contributed by atoms with E-state index >= 15 is 0 Å². The van der Waals surface area contributed by atoms with E-state index in [9.17, 15) is 33.9 Å². The fourth-order valence-corrected chi connectivity index (χ4v) is 7.90. The summed E-state index contributed by atoms with van der Waals surface area (Å²) >= 11 is 0. The van der Waals surface area contributed by atoms with Crippen molar-refractivity contribution in [1.29, 1.82) is 0 Å². The van der Waals surface area contributed by atoms with Crippen molar-refractivity contribution in [2.45, 2.75) is 127 Å². The van der Waals surface area contributed by atoms with Gasteiger partial charge in [0, 0.05) is 37.1 Å². The second-order valence-electron chi connectivity index (χ2n) is 16.2. The molecule has 1 aliphatic heterocycles. The van der Waals surface area contributed by atoms with E-state index in [1.807, 2.05) is 24.3 Å². The van der Waals surface area contributed by atoms with Crippen LogP contribution in [0, 0.1) is 5.92 Å². The number of urea groups is 1. The first kappa shape index (κ1) is 41.2. The topological polar surface area (TPSA) is 244 Å². The number of rotatable bonds is 17. The number of hydrogen-bond donors (Lipinski definition) is 6. The lowest BCUT2D eigenvalue weighted by Gasteiger charge is -2.32. The molecule has 306 valence electrons. The number of nitrogens with two attached hydrogens (primary N) is 1. The van der Waals surface area contributed by atoms with Crippen LogP contribution in [0.5, 0.6) is 0 Å². The predicted molar refractivity (Wildman–Crippen MR) is 208 cm³/mol. The first-order valence-corrected chi connectivity index (χ1v) is 20.1. The third kappa shape index (κ3) is 10.7. The maximum absolute atomic E-state index is 14.8. The van der Waals surface area contributed by atoms with Gasteiger partial charge in [-0.1, -0.05) is 55.5 Å². The third-order valence-corrected chi connectivity index (χ3v) is 11.2. The smallest absolute Gasteiger partial charge is 0.315 e. The van der Waals surface area contributed by atoms with Crippen LogP contribution in [0.25, 0.3) is 10.9 Å². The Balaban J connectivity index is 1.23. The van der Waals surface area contributed by atoms with Crippen LogP contribution in [0.4, 0.5) is 4.79 Å². The van der Waals surface area contributed by atoms with Crippen LogP contribution in [-0.4, -0.2) is 103 Å². The molecule has 0 radical (unpaired) electrons. The highest BCUT2D eigenvalue weighted by Crippen LogP contribution is 2.34. The Bertz CT molecular complexity index is 1950. The van der Waals surface area contributed by atoms with Crippen LogP contribution in [0.2, 0.25) is 0 Å². The Morgan fingerprint density at radius 3 is 2.44 bits per heavy atom. The van der Waals surface area contributed by atoms with Crippen molar-refractivity contribution in [3.8, 4) is 0 Å². The number of para-hydroxylation sites is 1. The highest BCUT2D eigenvalue weighted by Gasteiger charge is 2.45. The Morgan fingerprint density at radius 2 is 1.72 bits per heavy atom. The summed E-state index contributed by atoms with van der Waals surface area (Å²) in [5.41, 5.74) is 5.43. The number of aliphatic hydroxyl groups is 1. The van der Waals surface area contributed by atoms with Crippen molar-refractivity contribution in [2.75, 3.05) is 13.1 Å². The number of nitrogens with zero attached hydrogens (tertiary/aromatic N) is 5. The molecule has 2 unspecified atom stereocenters. The number of Topliss-reactive ketones (excluding diaryl/α,β-unsaturated/α-hetero) is 1. The number of unbranched alkanes of at least 4 members (excludes halogenated alkanes) is 1. The number of hydrogen-bond acceptors (Lipinski definition) is 10.